The number of hydrogen-bond acceptors (Lipinski definition) is 3. The Morgan fingerprint density at radius 1 is 1.33 bits per heavy atom. The molecule has 0 spiro atoms. The van der Waals surface area contributed by atoms with Crippen LogP contribution in [0, 0.1) is 5.41 Å². The van der Waals surface area contributed by atoms with E-state index in [1.54, 1.807) is 17.3 Å². The highest BCUT2D eigenvalue weighted by Crippen LogP contribution is 2.03. The highest BCUT2D eigenvalue weighted by atomic mass is 32.1. The number of nitrogens with one attached hydrogen (secondary N) is 2. The predicted molar refractivity (Wildman–Crippen MR) is 91.3 cm³/mol. The smallest absolute Gasteiger partial charge is 0.194 e. The van der Waals surface area contributed by atoms with E-state index in [2.05, 4.69) is 17.2 Å². The molecular formula is C15H25N5S. The minimum atomic E-state index is -0.00211. The van der Waals surface area contributed by atoms with Crippen LogP contribution in [-0.4, -0.2) is 34.0 Å². The molecule has 1 aromatic heterocycles. The van der Waals surface area contributed by atoms with E-state index in [0.29, 0.717) is 11.7 Å². The summed E-state index contributed by atoms with van der Waals surface area (Å²) >= 11 is 5.32. The van der Waals surface area contributed by atoms with E-state index in [9.17, 15) is 0 Å². The Morgan fingerprint density at radius 2 is 2.05 bits per heavy atom. The number of nitrogens with two attached hydrogens (primary N) is 1. The van der Waals surface area contributed by atoms with Gasteiger partial charge >= 0.3 is 0 Å². The third kappa shape index (κ3) is 7.04. The van der Waals surface area contributed by atoms with Gasteiger partial charge in [-0.15, -0.1) is 0 Å². The number of nitrogens with zero attached hydrogens (tertiary/aromatic N) is 2. The summed E-state index contributed by atoms with van der Waals surface area (Å²) in [7, 11) is 0. The minimum absolute atomic E-state index is 0.00211. The van der Waals surface area contributed by atoms with E-state index in [0.717, 1.165) is 25.8 Å². The Kier molecular flexibility index (Phi) is 8.35. The maximum absolute atomic E-state index is 7.65. The summed E-state index contributed by atoms with van der Waals surface area (Å²) in [6.45, 7) is 3.65. The van der Waals surface area contributed by atoms with Crippen LogP contribution >= 0.6 is 12.2 Å². The molecule has 1 rings (SSSR count). The molecule has 0 unspecified atom stereocenters. The third-order valence-corrected chi connectivity index (χ3v) is 3.55. The van der Waals surface area contributed by atoms with E-state index < -0.39 is 0 Å². The Hall–Kier alpha value is -1.69. The molecule has 21 heavy (non-hydrogen) atoms. The van der Waals surface area contributed by atoms with E-state index in [1.165, 1.54) is 18.4 Å². The van der Waals surface area contributed by atoms with E-state index in [1.807, 2.05) is 12.1 Å². The lowest BCUT2D eigenvalue weighted by Gasteiger charge is -2.24. The largest absolute Gasteiger partial charge is 0.370 e. The van der Waals surface area contributed by atoms with E-state index in [4.69, 9.17) is 23.4 Å². The summed E-state index contributed by atoms with van der Waals surface area (Å²) in [6, 6.07) is 4.00. The van der Waals surface area contributed by atoms with Crippen LogP contribution in [-0.2, 0) is 6.42 Å². The molecule has 116 valence electrons. The second-order valence-electron chi connectivity index (χ2n) is 4.93. The van der Waals surface area contributed by atoms with Crippen LogP contribution in [0.3, 0.4) is 0 Å². The van der Waals surface area contributed by atoms with Gasteiger partial charge in [-0.2, -0.15) is 0 Å². The fourth-order valence-corrected chi connectivity index (χ4v) is 2.28. The van der Waals surface area contributed by atoms with Crippen molar-refractivity contribution in [2.24, 2.45) is 5.73 Å². The van der Waals surface area contributed by atoms with Crippen LogP contribution in [0.15, 0.2) is 24.5 Å². The molecule has 0 bridgehead atoms. The molecule has 1 heterocycles. The number of aryl methyl sites for hydroxylation is 1. The number of unbranched alkanes of at least 4 members (excludes halogenated alkanes) is 2. The first kappa shape index (κ1) is 17.4. The molecule has 0 aliphatic rings. The molecule has 0 saturated heterocycles. The average Bonchev–Trinajstić information content (AvgIpc) is 2.48. The molecule has 6 heteroatoms. The SMILES string of the molecule is CCCCCNC(=S)N(CCCc1ccncc1)C(=N)N. The molecule has 1 aromatic rings. The Balaban J connectivity index is 2.35. The minimum Gasteiger partial charge on any atom is -0.370 e. The number of hydrogen-bond donors (Lipinski definition) is 3. The normalized spacial score (nSPS) is 10.1. The summed E-state index contributed by atoms with van der Waals surface area (Å²) in [5.74, 6) is -0.00211. The molecule has 0 radical (unpaired) electrons. The summed E-state index contributed by atoms with van der Waals surface area (Å²) < 4.78 is 0. The number of guanidine groups is 1. The lowest BCUT2D eigenvalue weighted by atomic mass is 10.1. The maximum atomic E-state index is 7.65. The third-order valence-electron chi connectivity index (χ3n) is 3.19. The van der Waals surface area contributed by atoms with Crippen LogP contribution in [0.5, 0.6) is 0 Å². The number of aromatic nitrogens is 1. The highest BCUT2D eigenvalue weighted by Gasteiger charge is 2.11. The van der Waals surface area contributed by atoms with Gasteiger partial charge in [0.2, 0.25) is 0 Å². The van der Waals surface area contributed by atoms with Crippen molar-refractivity contribution in [1.82, 2.24) is 15.2 Å². The molecule has 0 aliphatic heterocycles. The van der Waals surface area contributed by atoms with Gasteiger partial charge in [-0.05, 0) is 49.2 Å². The van der Waals surface area contributed by atoms with Gasteiger partial charge in [-0.25, -0.2) is 0 Å². The van der Waals surface area contributed by atoms with Crippen LogP contribution in [0.4, 0.5) is 0 Å². The van der Waals surface area contributed by atoms with Crippen LogP contribution < -0.4 is 11.1 Å². The van der Waals surface area contributed by atoms with Crippen LogP contribution in [0.1, 0.15) is 38.2 Å². The van der Waals surface area contributed by atoms with Gasteiger partial charge in [0, 0.05) is 25.5 Å². The number of rotatable bonds is 8. The first-order valence-corrected chi connectivity index (χ1v) is 7.84. The molecule has 0 fully saturated rings. The molecule has 0 amide bonds. The summed E-state index contributed by atoms with van der Waals surface area (Å²) in [5, 5.41) is 11.4. The fraction of sp³-hybridized carbons (Fsp3) is 0.533. The van der Waals surface area contributed by atoms with Crippen LogP contribution in [0.2, 0.25) is 0 Å². The molecular weight excluding hydrogens is 282 g/mol. The highest BCUT2D eigenvalue weighted by molar-refractivity contribution is 7.80. The van der Waals surface area contributed by atoms with Gasteiger partial charge in [-0.3, -0.25) is 15.3 Å². The number of thiocarbonyl (C=S) groups is 1. The van der Waals surface area contributed by atoms with Gasteiger partial charge in [0.15, 0.2) is 11.1 Å². The first-order valence-electron chi connectivity index (χ1n) is 7.43. The molecule has 5 nitrogen and oxygen atoms in total. The Bertz CT molecular complexity index is 435. The van der Waals surface area contributed by atoms with Gasteiger partial charge in [0.25, 0.3) is 0 Å². The van der Waals surface area contributed by atoms with E-state index >= 15 is 0 Å². The zero-order chi connectivity index (χ0) is 15.5. The van der Waals surface area contributed by atoms with Gasteiger partial charge < -0.3 is 11.1 Å². The number of pyridine rings is 1. The quantitative estimate of drug-likeness (QED) is 0.297. The fourth-order valence-electron chi connectivity index (χ4n) is 1.99. The Labute approximate surface area is 132 Å². The summed E-state index contributed by atoms with van der Waals surface area (Å²) in [5.41, 5.74) is 6.85. The molecule has 0 atom stereocenters. The standard InChI is InChI=1S/C15H25N5S/c1-2-3-4-9-19-15(21)20(14(16)17)12-5-6-13-7-10-18-11-8-13/h7-8,10-11H,2-6,9,12H2,1H3,(H3,16,17)(H,19,21). The second kappa shape index (κ2) is 10.1. The monoisotopic (exact) mass is 307 g/mol. The lowest BCUT2D eigenvalue weighted by Crippen LogP contribution is -2.47. The maximum Gasteiger partial charge on any atom is 0.194 e. The van der Waals surface area contributed by atoms with Crippen molar-refractivity contribution in [1.29, 1.82) is 5.41 Å². The van der Waals surface area contributed by atoms with Crippen molar-refractivity contribution in [2.45, 2.75) is 39.0 Å². The molecule has 4 N–H and O–H groups in total. The second-order valence-corrected chi connectivity index (χ2v) is 5.32. The lowest BCUT2D eigenvalue weighted by molar-refractivity contribution is 0.548. The van der Waals surface area contributed by atoms with Gasteiger partial charge in [0.1, 0.15) is 0 Å². The first-order chi connectivity index (χ1) is 10.1. The zero-order valence-corrected chi connectivity index (χ0v) is 13.5. The topological polar surface area (TPSA) is 78.0 Å². The van der Waals surface area contributed by atoms with E-state index in [-0.39, 0.29) is 5.96 Å². The van der Waals surface area contributed by atoms with Crippen LogP contribution in [0.25, 0.3) is 0 Å². The molecule has 0 aromatic carbocycles. The molecule has 0 aliphatic carbocycles. The van der Waals surface area contributed by atoms with Crippen molar-refractivity contribution in [2.75, 3.05) is 13.1 Å². The summed E-state index contributed by atoms with van der Waals surface area (Å²) in [4.78, 5) is 5.65. The van der Waals surface area contributed by atoms with Gasteiger partial charge in [-0.1, -0.05) is 19.8 Å². The van der Waals surface area contributed by atoms with Crippen molar-refractivity contribution < 1.29 is 0 Å². The van der Waals surface area contributed by atoms with Gasteiger partial charge in [0.05, 0.1) is 0 Å². The predicted octanol–water partition coefficient (Wildman–Crippen LogP) is 2.27. The zero-order valence-electron chi connectivity index (χ0n) is 12.6. The van der Waals surface area contributed by atoms with Crippen molar-refractivity contribution in [3.05, 3.63) is 30.1 Å². The average molecular weight is 307 g/mol. The summed E-state index contributed by atoms with van der Waals surface area (Å²) in [6.07, 6.45) is 8.83. The molecule has 0 saturated carbocycles. The Morgan fingerprint density at radius 3 is 2.67 bits per heavy atom. The van der Waals surface area contributed by atoms with Crippen molar-refractivity contribution in [3.63, 3.8) is 0 Å². The van der Waals surface area contributed by atoms with Crippen molar-refractivity contribution in [3.8, 4) is 0 Å². The van der Waals surface area contributed by atoms with Crippen molar-refractivity contribution >= 4 is 23.3 Å².